The lowest BCUT2D eigenvalue weighted by atomic mass is 9.88. The first-order chi connectivity index (χ1) is 18.0. The lowest BCUT2D eigenvalue weighted by Gasteiger charge is -2.45. The molecule has 0 bridgehead atoms. The van der Waals surface area contributed by atoms with Gasteiger partial charge in [0, 0.05) is 54.4 Å². The average Bonchev–Trinajstić information content (AvgIpc) is 3.23. The molecule has 3 atom stereocenters. The molecule has 2 heterocycles. The van der Waals surface area contributed by atoms with E-state index in [2.05, 4.69) is 106 Å². The molecule has 2 aliphatic heterocycles. The Bertz CT molecular complexity index is 1190. The fourth-order valence-corrected chi connectivity index (χ4v) is 6.02. The van der Waals surface area contributed by atoms with Crippen molar-refractivity contribution in [3.05, 3.63) is 95.3 Å². The fraction of sp³-hybridized carbons (Fsp3) is 0.455. The summed E-state index contributed by atoms with van der Waals surface area (Å²) in [6, 6.07) is 13.4. The number of hydrogen-bond acceptors (Lipinski definition) is 5. The summed E-state index contributed by atoms with van der Waals surface area (Å²) in [4.78, 5) is 4.85. The molecule has 5 heteroatoms. The molecular weight excluding hydrogens is 468 g/mol. The SMILES string of the molecule is C=Cc1cccc(NCc2ccc(C(C)(C)N3CC(C)OC(C)C3)cc2C)c1CN1C(=C)CCC1C(=C)N. The third-order valence-corrected chi connectivity index (χ3v) is 8.41. The van der Waals surface area contributed by atoms with Crippen LogP contribution < -0.4 is 11.1 Å². The predicted octanol–water partition coefficient (Wildman–Crippen LogP) is 6.54. The van der Waals surface area contributed by atoms with Crippen LogP contribution in [-0.4, -0.2) is 41.1 Å². The van der Waals surface area contributed by atoms with Crippen LogP contribution in [0.25, 0.3) is 6.08 Å². The minimum Gasteiger partial charge on any atom is -0.401 e. The van der Waals surface area contributed by atoms with E-state index in [1.54, 1.807) is 0 Å². The number of rotatable bonds is 9. The highest BCUT2D eigenvalue weighted by Gasteiger charge is 2.34. The lowest BCUT2D eigenvalue weighted by molar-refractivity contribution is -0.0973. The molecular formula is C33H46N4O. The monoisotopic (exact) mass is 514 g/mol. The van der Waals surface area contributed by atoms with E-state index in [1.165, 1.54) is 22.3 Å². The zero-order chi connectivity index (χ0) is 27.6. The van der Waals surface area contributed by atoms with Gasteiger partial charge in [-0.3, -0.25) is 4.90 Å². The van der Waals surface area contributed by atoms with Gasteiger partial charge in [-0.1, -0.05) is 56.1 Å². The van der Waals surface area contributed by atoms with Gasteiger partial charge in [0.1, 0.15) is 0 Å². The van der Waals surface area contributed by atoms with E-state index in [9.17, 15) is 0 Å². The number of hydrogen-bond donors (Lipinski definition) is 2. The minimum atomic E-state index is -0.0594. The van der Waals surface area contributed by atoms with Gasteiger partial charge in [0.15, 0.2) is 0 Å². The van der Waals surface area contributed by atoms with Gasteiger partial charge in [-0.15, -0.1) is 0 Å². The van der Waals surface area contributed by atoms with Crippen LogP contribution in [0.5, 0.6) is 0 Å². The number of nitrogens with one attached hydrogen (secondary N) is 1. The van der Waals surface area contributed by atoms with Gasteiger partial charge in [-0.2, -0.15) is 0 Å². The number of nitrogens with two attached hydrogens (primary N) is 1. The number of benzene rings is 2. The van der Waals surface area contributed by atoms with E-state index in [4.69, 9.17) is 10.5 Å². The van der Waals surface area contributed by atoms with Gasteiger partial charge >= 0.3 is 0 Å². The topological polar surface area (TPSA) is 53.8 Å². The minimum absolute atomic E-state index is 0.0594. The van der Waals surface area contributed by atoms with Crippen molar-refractivity contribution in [2.24, 2.45) is 5.73 Å². The maximum atomic E-state index is 6.15. The Morgan fingerprint density at radius 1 is 1.18 bits per heavy atom. The normalized spacial score (nSPS) is 22.5. The number of allylic oxidation sites excluding steroid dienone is 1. The van der Waals surface area contributed by atoms with Gasteiger partial charge in [-0.05, 0) is 75.8 Å². The molecule has 2 saturated heterocycles. The van der Waals surface area contributed by atoms with Crippen LogP contribution in [0.2, 0.25) is 0 Å². The third kappa shape index (κ3) is 5.84. The third-order valence-electron chi connectivity index (χ3n) is 8.41. The van der Waals surface area contributed by atoms with Crippen molar-refractivity contribution >= 4 is 11.8 Å². The summed E-state index contributed by atoms with van der Waals surface area (Å²) in [5.74, 6) is 0. The molecule has 0 spiro atoms. The average molecular weight is 515 g/mol. The summed E-state index contributed by atoms with van der Waals surface area (Å²) < 4.78 is 5.98. The molecule has 204 valence electrons. The standard InChI is InChI=1S/C33H46N4O/c1-9-27-11-10-12-31(30(27)21-37-23(3)13-16-32(37)26(6)34)35-18-28-14-15-29(17-22(28)2)33(7,8)36-19-24(4)38-25(5)20-36/h9-12,14-15,17,24-25,32,35H,1,3,6,13,16,18-21,34H2,2,4-5,7-8H3. The van der Waals surface area contributed by atoms with E-state index in [0.29, 0.717) is 5.70 Å². The van der Waals surface area contributed by atoms with Gasteiger partial charge < -0.3 is 20.7 Å². The molecule has 2 aliphatic rings. The van der Waals surface area contributed by atoms with Crippen molar-refractivity contribution in [2.75, 3.05) is 18.4 Å². The predicted molar refractivity (Wildman–Crippen MR) is 161 cm³/mol. The van der Waals surface area contributed by atoms with E-state index >= 15 is 0 Å². The summed E-state index contributed by atoms with van der Waals surface area (Å²) in [7, 11) is 0. The molecule has 0 radical (unpaired) electrons. The second kappa shape index (κ2) is 11.4. The number of ether oxygens (including phenoxy) is 1. The first-order valence-corrected chi connectivity index (χ1v) is 13.9. The van der Waals surface area contributed by atoms with Crippen molar-refractivity contribution in [3.63, 3.8) is 0 Å². The van der Waals surface area contributed by atoms with Gasteiger partial charge in [0.05, 0.1) is 18.2 Å². The first kappa shape index (κ1) is 28.0. The highest BCUT2D eigenvalue weighted by Crippen LogP contribution is 2.35. The summed E-state index contributed by atoms with van der Waals surface area (Å²) in [5.41, 5.74) is 15.3. The van der Waals surface area contributed by atoms with E-state index in [0.717, 1.165) is 56.0 Å². The molecule has 2 aromatic carbocycles. The molecule has 0 aliphatic carbocycles. The molecule has 2 fully saturated rings. The van der Waals surface area contributed by atoms with Gasteiger partial charge in [0.2, 0.25) is 0 Å². The molecule has 38 heavy (non-hydrogen) atoms. The Labute approximate surface area is 230 Å². The highest BCUT2D eigenvalue weighted by molar-refractivity contribution is 5.64. The molecule has 0 saturated carbocycles. The number of likely N-dealkylation sites (tertiary alicyclic amines) is 1. The Morgan fingerprint density at radius 2 is 1.89 bits per heavy atom. The van der Waals surface area contributed by atoms with Crippen molar-refractivity contribution in [1.82, 2.24) is 9.80 Å². The Kier molecular flexibility index (Phi) is 8.39. The molecule has 3 unspecified atom stereocenters. The quantitative estimate of drug-likeness (QED) is 0.398. The first-order valence-electron chi connectivity index (χ1n) is 13.9. The molecule has 4 rings (SSSR count). The summed E-state index contributed by atoms with van der Waals surface area (Å²) in [5, 5.41) is 3.73. The maximum Gasteiger partial charge on any atom is 0.0684 e. The number of nitrogens with zero attached hydrogens (tertiary/aromatic N) is 2. The molecule has 2 aromatic rings. The maximum absolute atomic E-state index is 6.15. The fourth-order valence-electron chi connectivity index (χ4n) is 6.02. The van der Waals surface area contributed by atoms with Gasteiger partial charge in [-0.25, -0.2) is 0 Å². The summed E-state index contributed by atoms with van der Waals surface area (Å²) in [6.45, 7) is 27.0. The Morgan fingerprint density at radius 3 is 2.53 bits per heavy atom. The number of aryl methyl sites for hydroxylation is 1. The lowest BCUT2D eigenvalue weighted by Crippen LogP contribution is -2.53. The zero-order valence-electron chi connectivity index (χ0n) is 24.0. The summed E-state index contributed by atoms with van der Waals surface area (Å²) >= 11 is 0. The van der Waals surface area contributed by atoms with Crippen LogP contribution >= 0.6 is 0 Å². The summed E-state index contributed by atoms with van der Waals surface area (Å²) in [6.07, 6.45) is 4.35. The number of morpholine rings is 1. The van der Waals surface area contributed by atoms with Crippen LogP contribution in [0.4, 0.5) is 5.69 Å². The van der Waals surface area contributed by atoms with Crippen LogP contribution in [-0.2, 0) is 23.4 Å². The second-order valence-electron chi connectivity index (χ2n) is 11.6. The van der Waals surface area contributed by atoms with Crippen molar-refractivity contribution in [1.29, 1.82) is 0 Å². The largest absolute Gasteiger partial charge is 0.401 e. The van der Waals surface area contributed by atoms with Crippen LogP contribution in [0.3, 0.4) is 0 Å². The molecule has 5 nitrogen and oxygen atoms in total. The second-order valence-corrected chi connectivity index (χ2v) is 11.6. The highest BCUT2D eigenvalue weighted by atomic mass is 16.5. The molecule has 0 amide bonds. The molecule has 3 N–H and O–H groups in total. The van der Waals surface area contributed by atoms with Crippen molar-refractivity contribution in [3.8, 4) is 0 Å². The van der Waals surface area contributed by atoms with Crippen molar-refractivity contribution < 1.29 is 4.74 Å². The zero-order valence-corrected chi connectivity index (χ0v) is 24.0. The van der Waals surface area contributed by atoms with Crippen molar-refractivity contribution in [2.45, 2.75) is 84.3 Å². The van der Waals surface area contributed by atoms with E-state index in [-0.39, 0.29) is 23.8 Å². The number of anilines is 1. The Hall–Kier alpha value is -3.02. The van der Waals surface area contributed by atoms with Crippen LogP contribution in [0.15, 0.2) is 67.5 Å². The smallest absolute Gasteiger partial charge is 0.0684 e. The Balaban J connectivity index is 1.52. The van der Waals surface area contributed by atoms with Crippen LogP contribution in [0.1, 0.15) is 68.4 Å². The van der Waals surface area contributed by atoms with Crippen LogP contribution in [0, 0.1) is 6.92 Å². The van der Waals surface area contributed by atoms with Gasteiger partial charge in [0.25, 0.3) is 0 Å². The van der Waals surface area contributed by atoms with E-state index in [1.807, 2.05) is 6.08 Å². The molecule has 0 aromatic heterocycles. The van der Waals surface area contributed by atoms with E-state index < -0.39 is 0 Å².